The van der Waals surface area contributed by atoms with Gasteiger partial charge in [0.2, 0.25) is 0 Å². The molecular weight excluding hydrogens is 425 g/mol. The first-order valence-electron chi connectivity index (χ1n) is 6.17. The van der Waals surface area contributed by atoms with Gasteiger partial charge in [0.15, 0.2) is 5.06 Å². The van der Waals surface area contributed by atoms with Crippen LogP contribution in [-0.4, -0.2) is 14.2 Å². The number of halogens is 6. The summed E-state index contributed by atoms with van der Waals surface area (Å²) in [4.78, 5) is 0. The summed E-state index contributed by atoms with van der Waals surface area (Å²) in [5, 5.41) is -0.295. The topological polar surface area (TPSA) is 18.5 Å². The molecule has 0 aliphatic carbocycles. The van der Waals surface area contributed by atoms with Crippen LogP contribution in [0.5, 0.6) is 5.75 Å². The van der Waals surface area contributed by atoms with Crippen LogP contribution in [0.4, 0.5) is 0 Å². The Morgan fingerprint density at radius 2 is 1.13 bits per heavy atom. The van der Waals surface area contributed by atoms with Gasteiger partial charge in [0.1, 0.15) is 5.75 Å². The molecule has 0 radical (unpaired) electrons. The summed E-state index contributed by atoms with van der Waals surface area (Å²) in [6.45, 7) is 0. The third kappa shape index (κ3) is 3.64. The average molecular weight is 435 g/mol. The fourth-order valence-electron chi connectivity index (χ4n) is 2.15. The molecule has 2 nitrogen and oxygen atoms in total. The molecule has 0 heterocycles. The maximum absolute atomic E-state index is 6.70. The number of hydrogen-bond donors (Lipinski definition) is 0. The summed E-state index contributed by atoms with van der Waals surface area (Å²) >= 11 is 37.8. The molecule has 0 fully saturated rings. The Bertz CT molecular complexity index is 703. The van der Waals surface area contributed by atoms with Crippen molar-refractivity contribution in [2.45, 2.75) is 5.06 Å². The lowest BCUT2D eigenvalue weighted by molar-refractivity contribution is 0.0972. The predicted molar refractivity (Wildman–Crippen MR) is 98.1 cm³/mol. The first kappa shape index (κ1) is 19.3. The maximum atomic E-state index is 6.70. The van der Waals surface area contributed by atoms with Crippen molar-refractivity contribution in [1.29, 1.82) is 0 Å². The molecule has 0 bridgehead atoms. The largest absolute Gasteiger partial charge is 0.497 e. The van der Waals surface area contributed by atoms with Crippen molar-refractivity contribution >= 4 is 69.6 Å². The Kier molecular flexibility index (Phi) is 6.24. The molecule has 0 saturated heterocycles. The SMILES string of the molecule is COc1cc(Cl)c(C(Cl)(OC)c2c(Cl)cc(Cl)cc2Cl)c(Cl)c1. The minimum atomic E-state index is -1.60. The molecule has 0 N–H and O–H groups in total. The van der Waals surface area contributed by atoms with E-state index < -0.39 is 5.06 Å². The van der Waals surface area contributed by atoms with Crippen molar-refractivity contribution < 1.29 is 9.47 Å². The number of ether oxygens (including phenoxy) is 2. The Morgan fingerprint density at radius 3 is 1.48 bits per heavy atom. The van der Waals surface area contributed by atoms with Crippen LogP contribution in [0.2, 0.25) is 25.1 Å². The smallest absolute Gasteiger partial charge is 0.198 e. The molecule has 0 aliphatic rings. The summed E-state index contributed by atoms with van der Waals surface area (Å²) in [7, 11) is 2.89. The minimum Gasteiger partial charge on any atom is -0.497 e. The molecular formula is C15H10Cl6O2. The summed E-state index contributed by atoms with van der Waals surface area (Å²) in [6, 6.07) is 6.14. The Labute approximate surface area is 164 Å². The molecule has 2 rings (SSSR count). The van der Waals surface area contributed by atoms with Gasteiger partial charge in [0.25, 0.3) is 0 Å². The van der Waals surface area contributed by atoms with Gasteiger partial charge in [-0.05, 0) is 24.3 Å². The van der Waals surface area contributed by atoms with Crippen LogP contribution in [0.1, 0.15) is 11.1 Å². The van der Waals surface area contributed by atoms with Crippen LogP contribution in [-0.2, 0) is 9.80 Å². The first-order chi connectivity index (χ1) is 10.7. The molecule has 1 atom stereocenters. The van der Waals surface area contributed by atoms with Crippen LogP contribution in [0.3, 0.4) is 0 Å². The van der Waals surface area contributed by atoms with Crippen LogP contribution in [0.25, 0.3) is 0 Å². The highest BCUT2D eigenvalue weighted by atomic mass is 35.5. The van der Waals surface area contributed by atoms with Crippen LogP contribution in [0.15, 0.2) is 24.3 Å². The average Bonchev–Trinajstić information content (AvgIpc) is 2.45. The lowest BCUT2D eigenvalue weighted by atomic mass is 9.99. The van der Waals surface area contributed by atoms with Gasteiger partial charge in [-0.15, -0.1) is 0 Å². The van der Waals surface area contributed by atoms with Gasteiger partial charge in [-0.3, -0.25) is 0 Å². The Morgan fingerprint density at radius 1 is 0.739 bits per heavy atom. The van der Waals surface area contributed by atoms with E-state index in [1.807, 2.05) is 0 Å². The van der Waals surface area contributed by atoms with E-state index in [9.17, 15) is 0 Å². The zero-order chi connectivity index (χ0) is 17.4. The number of hydrogen-bond acceptors (Lipinski definition) is 2. The van der Waals surface area contributed by atoms with Gasteiger partial charge in [0.05, 0.1) is 27.2 Å². The fraction of sp³-hybridized carbons (Fsp3) is 0.200. The molecule has 2 aromatic carbocycles. The molecule has 0 aromatic heterocycles. The number of rotatable bonds is 4. The van der Waals surface area contributed by atoms with Crippen molar-refractivity contribution in [2.75, 3.05) is 14.2 Å². The monoisotopic (exact) mass is 432 g/mol. The predicted octanol–water partition coefficient (Wildman–Crippen LogP) is 7.05. The van der Waals surface area contributed by atoms with E-state index >= 15 is 0 Å². The van der Waals surface area contributed by atoms with Gasteiger partial charge in [0, 0.05) is 23.3 Å². The highest BCUT2D eigenvalue weighted by Gasteiger charge is 2.40. The van der Waals surface area contributed by atoms with Gasteiger partial charge in [-0.1, -0.05) is 69.6 Å². The Balaban J connectivity index is 2.77. The van der Waals surface area contributed by atoms with E-state index in [2.05, 4.69) is 0 Å². The van der Waals surface area contributed by atoms with Crippen molar-refractivity contribution in [3.63, 3.8) is 0 Å². The molecule has 23 heavy (non-hydrogen) atoms. The quantitative estimate of drug-likeness (QED) is 0.480. The van der Waals surface area contributed by atoms with Crippen LogP contribution < -0.4 is 4.74 Å². The highest BCUT2D eigenvalue weighted by Crippen LogP contribution is 2.50. The normalized spacial score (nSPS) is 13.7. The van der Waals surface area contributed by atoms with Gasteiger partial charge in [-0.2, -0.15) is 0 Å². The second-order valence-electron chi connectivity index (χ2n) is 4.51. The first-order valence-corrected chi connectivity index (χ1v) is 8.44. The Hall–Kier alpha value is -0.0600. The molecule has 0 aliphatic heterocycles. The van der Waals surface area contributed by atoms with E-state index in [4.69, 9.17) is 79.1 Å². The van der Waals surface area contributed by atoms with E-state index in [0.717, 1.165) is 0 Å². The van der Waals surface area contributed by atoms with E-state index in [-0.39, 0.29) is 20.1 Å². The minimum absolute atomic E-state index is 0.224. The molecule has 1 unspecified atom stereocenters. The number of alkyl halides is 1. The standard InChI is InChI=1S/C15H10Cl6O2/c1-22-8-5-11(19)14(12(20)6-8)15(21,23-2)13-9(17)3-7(16)4-10(13)18/h3-6H,1-2H3. The molecule has 0 spiro atoms. The summed E-state index contributed by atoms with van der Waals surface area (Å²) in [5.41, 5.74) is 0.597. The summed E-state index contributed by atoms with van der Waals surface area (Å²) in [5.74, 6) is 0.479. The summed E-state index contributed by atoms with van der Waals surface area (Å²) in [6.07, 6.45) is 0. The second-order valence-corrected chi connectivity index (χ2v) is 7.11. The van der Waals surface area contributed by atoms with Crippen molar-refractivity contribution in [3.05, 3.63) is 60.5 Å². The van der Waals surface area contributed by atoms with E-state index in [0.29, 0.717) is 21.9 Å². The second kappa shape index (κ2) is 7.45. The van der Waals surface area contributed by atoms with E-state index in [1.54, 1.807) is 12.1 Å². The third-order valence-electron chi connectivity index (χ3n) is 3.18. The molecule has 0 amide bonds. The van der Waals surface area contributed by atoms with Crippen LogP contribution >= 0.6 is 69.6 Å². The van der Waals surface area contributed by atoms with Crippen molar-refractivity contribution in [1.82, 2.24) is 0 Å². The van der Waals surface area contributed by atoms with Crippen molar-refractivity contribution in [3.8, 4) is 5.75 Å². The third-order valence-corrected chi connectivity index (χ3v) is 5.13. The zero-order valence-corrected chi connectivity index (χ0v) is 16.4. The molecule has 2 aromatic rings. The zero-order valence-electron chi connectivity index (χ0n) is 11.9. The fourth-order valence-corrected chi connectivity index (χ4v) is 4.57. The van der Waals surface area contributed by atoms with Crippen molar-refractivity contribution in [2.24, 2.45) is 0 Å². The van der Waals surface area contributed by atoms with Gasteiger partial charge < -0.3 is 9.47 Å². The van der Waals surface area contributed by atoms with Gasteiger partial charge >= 0.3 is 0 Å². The lowest BCUT2D eigenvalue weighted by Gasteiger charge is -2.30. The highest BCUT2D eigenvalue weighted by molar-refractivity contribution is 6.42. The molecule has 8 heteroatoms. The molecule has 124 valence electrons. The van der Waals surface area contributed by atoms with E-state index in [1.165, 1.54) is 26.4 Å². The number of benzene rings is 2. The number of methoxy groups -OCH3 is 2. The maximum Gasteiger partial charge on any atom is 0.198 e. The van der Waals surface area contributed by atoms with Gasteiger partial charge in [-0.25, -0.2) is 0 Å². The molecule has 0 saturated carbocycles. The van der Waals surface area contributed by atoms with Crippen LogP contribution in [0, 0.1) is 0 Å². The lowest BCUT2D eigenvalue weighted by Crippen LogP contribution is -2.25. The summed E-state index contributed by atoms with van der Waals surface area (Å²) < 4.78 is 10.6.